The molecule has 2 aliphatic rings. The van der Waals surface area contributed by atoms with Crippen molar-refractivity contribution < 1.29 is 13.2 Å². The molecule has 0 unspecified atom stereocenters. The van der Waals surface area contributed by atoms with Crippen LogP contribution in [0.15, 0.2) is 54.7 Å². The molecule has 0 amide bonds. The van der Waals surface area contributed by atoms with Gasteiger partial charge in [0.25, 0.3) is 0 Å². The van der Waals surface area contributed by atoms with Crippen LogP contribution in [-0.2, 0) is 6.18 Å². The quantitative estimate of drug-likeness (QED) is 0.336. The van der Waals surface area contributed by atoms with E-state index in [0.717, 1.165) is 66.7 Å². The highest BCUT2D eigenvalue weighted by Gasteiger charge is 2.36. The summed E-state index contributed by atoms with van der Waals surface area (Å²) < 4.78 is 45.0. The molecule has 0 atom stereocenters. The van der Waals surface area contributed by atoms with E-state index >= 15 is 0 Å². The Balaban J connectivity index is 1.38. The molecule has 2 aromatic carbocycles. The van der Waals surface area contributed by atoms with Crippen molar-refractivity contribution in [3.05, 3.63) is 60.3 Å². The Morgan fingerprint density at radius 1 is 0.850 bits per heavy atom. The number of pyridine rings is 1. The molecule has 9 heteroatoms. The number of aromatic nitrogens is 2. The number of benzene rings is 2. The van der Waals surface area contributed by atoms with Crippen LogP contribution < -0.4 is 15.1 Å². The number of hydrogen-bond acceptors (Lipinski definition) is 5. The van der Waals surface area contributed by atoms with Gasteiger partial charge in [-0.05, 0) is 94.4 Å². The zero-order chi connectivity index (χ0) is 28.0. The Morgan fingerprint density at radius 3 is 2.20 bits per heavy atom. The molecule has 4 heterocycles. The van der Waals surface area contributed by atoms with E-state index in [9.17, 15) is 13.2 Å². The van der Waals surface area contributed by atoms with Gasteiger partial charge in [0.15, 0.2) is 0 Å². The van der Waals surface area contributed by atoms with Crippen LogP contribution in [0.3, 0.4) is 0 Å². The maximum absolute atomic E-state index is 14.3. The van der Waals surface area contributed by atoms with Crippen LogP contribution >= 0.6 is 0 Å². The normalized spacial score (nSPS) is 18.0. The molecule has 0 spiro atoms. The smallest absolute Gasteiger partial charge is 0.371 e. The Kier molecular flexibility index (Phi) is 7.12. The molecular weight excluding hydrogens is 513 g/mol. The molecule has 0 aliphatic carbocycles. The monoisotopic (exact) mass is 550 g/mol. The summed E-state index contributed by atoms with van der Waals surface area (Å²) in [5.74, 6) is 0. The lowest BCUT2D eigenvalue weighted by Gasteiger charge is -2.36. The highest BCUT2D eigenvalue weighted by Crippen LogP contribution is 2.40. The summed E-state index contributed by atoms with van der Waals surface area (Å²) in [5, 5.41) is 3.25. The first-order chi connectivity index (χ1) is 19.2. The van der Waals surface area contributed by atoms with Crippen LogP contribution in [0.25, 0.3) is 27.8 Å². The van der Waals surface area contributed by atoms with E-state index in [4.69, 9.17) is 4.98 Å². The number of piperidine rings is 2. The Labute approximate surface area is 233 Å². The minimum absolute atomic E-state index is 0.267. The fourth-order valence-electron chi connectivity index (χ4n) is 6.42. The highest BCUT2D eigenvalue weighted by molar-refractivity contribution is 5.92. The number of fused-ring (bicyclic) bond motifs is 3. The molecule has 6 nitrogen and oxygen atoms in total. The van der Waals surface area contributed by atoms with Crippen LogP contribution in [0, 0.1) is 0 Å². The van der Waals surface area contributed by atoms with Gasteiger partial charge in [-0.25, -0.2) is 4.98 Å². The molecular formula is C31H37F3N6. The number of para-hydroxylation sites is 1. The van der Waals surface area contributed by atoms with Crippen molar-refractivity contribution in [3.63, 3.8) is 0 Å². The first kappa shape index (κ1) is 26.9. The molecule has 1 N–H and O–H groups in total. The lowest BCUT2D eigenvalue weighted by Crippen LogP contribution is -2.42. The van der Waals surface area contributed by atoms with Crippen LogP contribution in [0.1, 0.15) is 31.2 Å². The SMILES string of the molecule is CNC1CCN(c2ccc(-c3ccc4nc5cccc(N6CCC(N(C)C)CC6)c5n4c3)cc2C(F)(F)F)CC1. The van der Waals surface area contributed by atoms with Crippen LogP contribution in [-0.4, -0.2) is 73.7 Å². The molecule has 212 valence electrons. The van der Waals surface area contributed by atoms with Crippen molar-refractivity contribution in [2.75, 3.05) is 57.1 Å². The van der Waals surface area contributed by atoms with Crippen molar-refractivity contribution >= 4 is 28.1 Å². The van der Waals surface area contributed by atoms with Crippen molar-refractivity contribution in [1.29, 1.82) is 0 Å². The molecule has 40 heavy (non-hydrogen) atoms. The third kappa shape index (κ3) is 5.01. The number of rotatable bonds is 5. The summed E-state index contributed by atoms with van der Waals surface area (Å²) in [5.41, 5.74) is 4.78. The topological polar surface area (TPSA) is 39.0 Å². The van der Waals surface area contributed by atoms with Crippen LogP contribution in [0.2, 0.25) is 0 Å². The summed E-state index contributed by atoms with van der Waals surface area (Å²) in [6, 6.07) is 15.7. The minimum atomic E-state index is -4.44. The molecule has 4 aromatic rings. The second kappa shape index (κ2) is 10.6. The van der Waals surface area contributed by atoms with Gasteiger partial charge in [0.1, 0.15) is 5.65 Å². The Bertz CT molecular complexity index is 1490. The lowest BCUT2D eigenvalue weighted by molar-refractivity contribution is -0.137. The number of nitrogens with zero attached hydrogens (tertiary/aromatic N) is 5. The Morgan fingerprint density at radius 2 is 1.52 bits per heavy atom. The van der Waals surface area contributed by atoms with Crippen LogP contribution in [0.4, 0.5) is 24.5 Å². The van der Waals surface area contributed by atoms with Gasteiger partial charge in [0, 0.05) is 50.1 Å². The molecule has 0 bridgehead atoms. The van der Waals surface area contributed by atoms with Gasteiger partial charge in [-0.3, -0.25) is 4.40 Å². The average Bonchev–Trinajstić information content (AvgIpc) is 3.35. The van der Waals surface area contributed by atoms with E-state index in [1.807, 2.05) is 52.9 Å². The average molecular weight is 551 g/mol. The highest BCUT2D eigenvalue weighted by atomic mass is 19.4. The maximum Gasteiger partial charge on any atom is 0.418 e. The summed E-state index contributed by atoms with van der Waals surface area (Å²) >= 11 is 0. The van der Waals surface area contributed by atoms with E-state index in [1.165, 1.54) is 6.07 Å². The largest absolute Gasteiger partial charge is 0.418 e. The van der Waals surface area contributed by atoms with Crippen molar-refractivity contribution in [3.8, 4) is 11.1 Å². The van der Waals surface area contributed by atoms with E-state index in [1.54, 1.807) is 6.07 Å². The second-order valence-corrected chi connectivity index (χ2v) is 11.4. The van der Waals surface area contributed by atoms with E-state index in [-0.39, 0.29) is 5.69 Å². The lowest BCUT2D eigenvalue weighted by atomic mass is 9.99. The summed E-state index contributed by atoms with van der Waals surface area (Å²) in [7, 11) is 6.18. The van der Waals surface area contributed by atoms with Gasteiger partial charge >= 0.3 is 6.18 Å². The zero-order valence-electron chi connectivity index (χ0n) is 23.4. The van der Waals surface area contributed by atoms with Gasteiger partial charge in [-0.15, -0.1) is 0 Å². The third-order valence-electron chi connectivity index (χ3n) is 8.81. The number of halogens is 3. The van der Waals surface area contributed by atoms with Crippen LogP contribution in [0.5, 0.6) is 0 Å². The van der Waals surface area contributed by atoms with E-state index in [0.29, 0.717) is 30.7 Å². The van der Waals surface area contributed by atoms with Crippen molar-refractivity contribution in [2.45, 2.75) is 43.9 Å². The fourth-order valence-corrected chi connectivity index (χ4v) is 6.42. The minimum Gasteiger partial charge on any atom is -0.371 e. The zero-order valence-corrected chi connectivity index (χ0v) is 23.4. The maximum atomic E-state index is 14.3. The predicted octanol–water partition coefficient (Wildman–Crippen LogP) is 5.89. The molecule has 2 saturated heterocycles. The van der Waals surface area contributed by atoms with Gasteiger partial charge in [-0.2, -0.15) is 13.2 Å². The third-order valence-corrected chi connectivity index (χ3v) is 8.81. The molecule has 2 fully saturated rings. The number of hydrogen-bond donors (Lipinski definition) is 1. The number of alkyl halides is 3. The number of nitrogens with one attached hydrogen (secondary N) is 1. The van der Waals surface area contributed by atoms with Crippen molar-refractivity contribution in [2.24, 2.45) is 0 Å². The fraction of sp³-hybridized carbons (Fsp3) is 0.452. The second-order valence-electron chi connectivity index (χ2n) is 11.4. The Hall–Kier alpha value is -3.30. The summed E-state index contributed by atoms with van der Waals surface area (Å²) in [4.78, 5) is 11.4. The number of imidazole rings is 1. The predicted molar refractivity (Wildman–Crippen MR) is 156 cm³/mol. The van der Waals surface area contributed by atoms with Gasteiger partial charge < -0.3 is 20.0 Å². The standard InChI is InChI=1S/C31H37F3N6/c1-35-23-11-15-38(16-12-23)27-9-7-21(19-25(27)31(32,33)34)22-8-10-29-36-26-5-4-6-28(30(26)40(29)20-22)39-17-13-24(14-18-39)37(2)3/h4-10,19-20,23-24,35H,11-18H2,1-3H3. The van der Waals surface area contributed by atoms with Gasteiger partial charge in [0.2, 0.25) is 0 Å². The first-order valence-corrected chi connectivity index (χ1v) is 14.2. The summed E-state index contributed by atoms with van der Waals surface area (Å²) in [6.07, 6.45) is 1.33. The molecule has 2 aromatic heterocycles. The molecule has 2 aliphatic heterocycles. The number of anilines is 2. The van der Waals surface area contributed by atoms with Gasteiger partial charge in [-0.1, -0.05) is 12.1 Å². The van der Waals surface area contributed by atoms with Gasteiger partial charge in [0.05, 0.1) is 22.3 Å². The molecule has 6 rings (SSSR count). The molecule has 0 radical (unpaired) electrons. The van der Waals surface area contributed by atoms with E-state index in [2.05, 4.69) is 35.3 Å². The molecule has 0 saturated carbocycles. The van der Waals surface area contributed by atoms with Crippen molar-refractivity contribution in [1.82, 2.24) is 19.6 Å². The van der Waals surface area contributed by atoms with E-state index < -0.39 is 11.7 Å². The summed E-state index contributed by atoms with van der Waals surface area (Å²) in [6.45, 7) is 3.12. The first-order valence-electron chi connectivity index (χ1n) is 14.2.